The van der Waals surface area contributed by atoms with E-state index in [4.69, 9.17) is 9.72 Å². The molecule has 0 amide bonds. The first kappa shape index (κ1) is 20.8. The smallest absolute Gasteiger partial charge is 0.338 e. The van der Waals surface area contributed by atoms with Crippen LogP contribution in [-0.2, 0) is 11.2 Å². The maximum atomic E-state index is 12.2. The number of hydrogen-bond acceptors (Lipinski definition) is 3. The van der Waals surface area contributed by atoms with E-state index in [1.165, 1.54) is 12.7 Å². The lowest BCUT2D eigenvalue weighted by Gasteiger charge is -2.14. The molecule has 31 heavy (non-hydrogen) atoms. The summed E-state index contributed by atoms with van der Waals surface area (Å²) in [5.41, 5.74) is 8.15. The van der Waals surface area contributed by atoms with Gasteiger partial charge in [-0.2, -0.15) is 0 Å². The summed E-state index contributed by atoms with van der Waals surface area (Å²) in [5.74, 6) is -0.320. The molecule has 0 saturated heterocycles. The summed E-state index contributed by atoms with van der Waals surface area (Å²) in [5, 5.41) is 1.16. The van der Waals surface area contributed by atoms with Gasteiger partial charge < -0.3 is 4.74 Å². The Morgan fingerprint density at radius 1 is 0.903 bits per heavy atom. The van der Waals surface area contributed by atoms with E-state index < -0.39 is 0 Å². The van der Waals surface area contributed by atoms with Crippen LogP contribution >= 0.6 is 0 Å². The van der Waals surface area contributed by atoms with Crippen LogP contribution in [0.2, 0.25) is 0 Å². The zero-order valence-corrected chi connectivity index (χ0v) is 18.3. The standard InChI is InChI=1S/C28H27NO2/c1-4-5-10-21-18-26(24-12-8-9-14-27(24)29-21)20-15-16-22(19(2)17-20)23-11-6-7-13-25(23)28(30)31-3/h6-9,11-18H,4-5,10H2,1-3H3. The summed E-state index contributed by atoms with van der Waals surface area (Å²) in [6.45, 7) is 4.30. The van der Waals surface area contributed by atoms with Crippen LogP contribution in [0, 0.1) is 6.92 Å². The third-order valence-electron chi connectivity index (χ3n) is 5.72. The highest BCUT2D eigenvalue weighted by molar-refractivity contribution is 5.99. The second kappa shape index (κ2) is 9.13. The summed E-state index contributed by atoms with van der Waals surface area (Å²) in [6, 6.07) is 24.6. The number of pyridine rings is 1. The second-order valence-corrected chi connectivity index (χ2v) is 7.85. The van der Waals surface area contributed by atoms with Crippen molar-refractivity contribution in [2.75, 3.05) is 7.11 Å². The molecule has 0 aliphatic carbocycles. The van der Waals surface area contributed by atoms with Crippen LogP contribution in [0.4, 0.5) is 0 Å². The van der Waals surface area contributed by atoms with Crippen molar-refractivity contribution in [2.24, 2.45) is 0 Å². The van der Waals surface area contributed by atoms with E-state index in [0.717, 1.165) is 58.1 Å². The number of unbranched alkanes of at least 4 members (excludes halogenated alkanes) is 1. The molecule has 156 valence electrons. The van der Waals surface area contributed by atoms with Crippen molar-refractivity contribution in [2.45, 2.75) is 33.1 Å². The van der Waals surface area contributed by atoms with Crippen LogP contribution in [0.15, 0.2) is 72.8 Å². The van der Waals surface area contributed by atoms with Crippen molar-refractivity contribution < 1.29 is 9.53 Å². The van der Waals surface area contributed by atoms with Crippen molar-refractivity contribution >= 4 is 16.9 Å². The Bertz CT molecular complexity index is 1240. The maximum absolute atomic E-state index is 12.2. The lowest BCUT2D eigenvalue weighted by Crippen LogP contribution is -2.03. The van der Waals surface area contributed by atoms with E-state index in [-0.39, 0.29) is 5.97 Å². The van der Waals surface area contributed by atoms with Crippen LogP contribution in [-0.4, -0.2) is 18.1 Å². The van der Waals surface area contributed by atoms with E-state index in [9.17, 15) is 4.79 Å². The number of carbonyl (C=O) groups excluding carboxylic acids is 1. The van der Waals surface area contributed by atoms with Gasteiger partial charge in [-0.25, -0.2) is 4.79 Å². The number of nitrogens with zero attached hydrogens (tertiary/aromatic N) is 1. The Morgan fingerprint density at radius 2 is 1.68 bits per heavy atom. The molecule has 3 aromatic carbocycles. The van der Waals surface area contributed by atoms with E-state index in [1.807, 2.05) is 30.3 Å². The van der Waals surface area contributed by atoms with Gasteiger partial charge >= 0.3 is 5.97 Å². The SMILES string of the molecule is CCCCc1cc(-c2ccc(-c3ccccc3C(=O)OC)c(C)c2)c2ccccc2n1. The van der Waals surface area contributed by atoms with Crippen LogP contribution in [0.3, 0.4) is 0 Å². The van der Waals surface area contributed by atoms with Crippen LogP contribution in [0.1, 0.15) is 41.4 Å². The molecule has 0 unspecified atom stereocenters. The summed E-state index contributed by atoms with van der Waals surface area (Å²) in [6.07, 6.45) is 3.27. The van der Waals surface area contributed by atoms with Gasteiger partial charge in [0.15, 0.2) is 0 Å². The maximum Gasteiger partial charge on any atom is 0.338 e. The molecule has 3 nitrogen and oxygen atoms in total. The number of aryl methyl sites for hydroxylation is 2. The van der Waals surface area contributed by atoms with Gasteiger partial charge in [-0.1, -0.05) is 67.9 Å². The lowest BCUT2D eigenvalue weighted by molar-refractivity contribution is 0.0601. The predicted molar refractivity (Wildman–Crippen MR) is 127 cm³/mol. The molecule has 0 aliphatic rings. The van der Waals surface area contributed by atoms with Crippen molar-refractivity contribution in [3.63, 3.8) is 0 Å². The molecule has 0 aliphatic heterocycles. The molecule has 0 saturated carbocycles. The fourth-order valence-corrected chi connectivity index (χ4v) is 4.09. The highest BCUT2D eigenvalue weighted by atomic mass is 16.5. The summed E-state index contributed by atoms with van der Waals surface area (Å²) >= 11 is 0. The molecule has 1 aromatic heterocycles. The molecule has 0 bridgehead atoms. The Labute approximate surface area is 183 Å². The van der Waals surface area contributed by atoms with Gasteiger partial charge in [0.1, 0.15) is 0 Å². The summed E-state index contributed by atoms with van der Waals surface area (Å²) < 4.78 is 4.98. The van der Waals surface area contributed by atoms with Gasteiger partial charge in [-0.15, -0.1) is 0 Å². The average molecular weight is 410 g/mol. The van der Waals surface area contributed by atoms with Crippen LogP contribution in [0.5, 0.6) is 0 Å². The molecule has 0 spiro atoms. The Morgan fingerprint density at radius 3 is 2.45 bits per heavy atom. The Hall–Kier alpha value is -3.46. The van der Waals surface area contributed by atoms with E-state index in [0.29, 0.717) is 5.56 Å². The number of benzene rings is 3. The number of ether oxygens (including phenoxy) is 1. The van der Waals surface area contributed by atoms with E-state index in [1.54, 1.807) is 0 Å². The first-order valence-corrected chi connectivity index (χ1v) is 10.8. The Kier molecular flexibility index (Phi) is 6.13. The average Bonchev–Trinajstić information content (AvgIpc) is 2.81. The van der Waals surface area contributed by atoms with Crippen molar-refractivity contribution in [3.05, 3.63) is 89.6 Å². The number of aromatic nitrogens is 1. The highest BCUT2D eigenvalue weighted by Crippen LogP contribution is 2.34. The zero-order valence-electron chi connectivity index (χ0n) is 18.3. The largest absolute Gasteiger partial charge is 0.465 e. The summed E-state index contributed by atoms with van der Waals surface area (Å²) in [4.78, 5) is 17.1. The monoisotopic (exact) mass is 409 g/mol. The fraction of sp³-hybridized carbons (Fsp3) is 0.214. The van der Waals surface area contributed by atoms with Crippen molar-refractivity contribution in [1.29, 1.82) is 0 Å². The molecule has 1 heterocycles. The van der Waals surface area contributed by atoms with Gasteiger partial charge in [0.25, 0.3) is 0 Å². The van der Waals surface area contributed by atoms with E-state index >= 15 is 0 Å². The Balaban J connectivity index is 1.83. The third-order valence-corrected chi connectivity index (χ3v) is 5.72. The molecule has 0 radical (unpaired) electrons. The number of methoxy groups -OCH3 is 1. The fourth-order valence-electron chi connectivity index (χ4n) is 4.09. The molecule has 0 N–H and O–H groups in total. The van der Waals surface area contributed by atoms with Gasteiger partial charge in [0.2, 0.25) is 0 Å². The van der Waals surface area contributed by atoms with Crippen LogP contribution in [0.25, 0.3) is 33.2 Å². The molecule has 4 aromatic rings. The number of carbonyl (C=O) groups is 1. The van der Waals surface area contributed by atoms with Gasteiger partial charge in [-0.05, 0) is 65.8 Å². The second-order valence-electron chi connectivity index (χ2n) is 7.85. The van der Waals surface area contributed by atoms with Crippen molar-refractivity contribution in [1.82, 2.24) is 4.98 Å². The number of esters is 1. The van der Waals surface area contributed by atoms with Gasteiger partial charge in [0, 0.05) is 11.1 Å². The van der Waals surface area contributed by atoms with E-state index in [2.05, 4.69) is 56.3 Å². The first-order chi connectivity index (χ1) is 15.1. The number of fused-ring (bicyclic) bond motifs is 1. The van der Waals surface area contributed by atoms with Gasteiger partial charge in [-0.3, -0.25) is 4.98 Å². The van der Waals surface area contributed by atoms with Crippen LogP contribution < -0.4 is 0 Å². The molecule has 0 fully saturated rings. The third kappa shape index (κ3) is 4.22. The number of hydrogen-bond donors (Lipinski definition) is 0. The zero-order chi connectivity index (χ0) is 21.8. The molecular weight excluding hydrogens is 382 g/mol. The first-order valence-electron chi connectivity index (χ1n) is 10.8. The topological polar surface area (TPSA) is 39.2 Å². The molecule has 3 heteroatoms. The number of rotatable bonds is 6. The molecule has 4 rings (SSSR count). The predicted octanol–water partition coefficient (Wildman–Crippen LogP) is 7.01. The lowest BCUT2D eigenvalue weighted by atomic mass is 9.91. The van der Waals surface area contributed by atoms with Gasteiger partial charge in [0.05, 0.1) is 18.2 Å². The minimum atomic E-state index is -0.320. The molecule has 0 atom stereocenters. The quantitative estimate of drug-likeness (QED) is 0.322. The van der Waals surface area contributed by atoms with Crippen molar-refractivity contribution in [3.8, 4) is 22.3 Å². The normalized spacial score (nSPS) is 10.9. The number of para-hydroxylation sites is 1. The molecular formula is C28H27NO2. The minimum Gasteiger partial charge on any atom is -0.465 e. The minimum absolute atomic E-state index is 0.320. The summed E-state index contributed by atoms with van der Waals surface area (Å²) in [7, 11) is 1.42. The highest BCUT2D eigenvalue weighted by Gasteiger charge is 2.15.